The molecule has 8 heteroatoms. The first-order chi connectivity index (χ1) is 17.9. The quantitative estimate of drug-likeness (QED) is 0.644. The summed E-state index contributed by atoms with van der Waals surface area (Å²) in [5, 5.41) is 22.1. The summed E-state index contributed by atoms with van der Waals surface area (Å²) < 4.78 is 13.5. The third-order valence-corrected chi connectivity index (χ3v) is 6.76. The molecule has 5 rings (SSSR count). The van der Waals surface area contributed by atoms with Crippen LogP contribution in [0.1, 0.15) is 24.2 Å². The summed E-state index contributed by atoms with van der Waals surface area (Å²) in [6.07, 6.45) is 12.7. The number of aromatic nitrogens is 2. The van der Waals surface area contributed by atoms with Crippen LogP contribution in [0.15, 0.2) is 84.0 Å². The molecule has 1 atom stereocenters. The number of nitrogens with zero attached hydrogens (tertiary/aromatic N) is 4. The first kappa shape index (κ1) is 24.6. The highest BCUT2D eigenvalue weighted by molar-refractivity contribution is 5.92. The Morgan fingerprint density at radius 3 is 2.70 bits per heavy atom. The van der Waals surface area contributed by atoms with E-state index in [1.807, 2.05) is 43.4 Å². The molecule has 0 saturated carbocycles. The molecule has 1 aliphatic heterocycles. The number of aryl methyl sites for hydroxylation is 1. The van der Waals surface area contributed by atoms with Gasteiger partial charge in [0.25, 0.3) is 5.91 Å². The van der Waals surface area contributed by atoms with Crippen LogP contribution in [0.5, 0.6) is 0 Å². The largest absolute Gasteiger partial charge is 0.507 e. The van der Waals surface area contributed by atoms with E-state index < -0.39 is 11.9 Å². The number of amides is 1. The fraction of sp³-hybridized carbons (Fsp3) is 0.276. The fourth-order valence-electron chi connectivity index (χ4n) is 4.70. The number of aliphatic hydroxyl groups excluding tert-OH is 2. The van der Waals surface area contributed by atoms with Crippen LogP contribution < -0.4 is 4.90 Å². The summed E-state index contributed by atoms with van der Waals surface area (Å²) >= 11 is 0. The number of anilines is 1. The Kier molecular flexibility index (Phi) is 7.01. The van der Waals surface area contributed by atoms with Crippen LogP contribution in [-0.4, -0.2) is 63.3 Å². The molecule has 3 aliphatic rings. The van der Waals surface area contributed by atoms with Gasteiger partial charge in [0.2, 0.25) is 0 Å². The average molecular weight is 501 g/mol. The zero-order valence-corrected chi connectivity index (χ0v) is 20.6. The predicted octanol–water partition coefficient (Wildman–Crippen LogP) is 4.47. The Morgan fingerprint density at radius 1 is 1.08 bits per heavy atom. The molecule has 1 amide bonds. The molecule has 37 heavy (non-hydrogen) atoms. The van der Waals surface area contributed by atoms with Crippen LogP contribution in [0.25, 0.3) is 16.5 Å². The van der Waals surface area contributed by atoms with E-state index in [-0.39, 0.29) is 11.7 Å². The van der Waals surface area contributed by atoms with Gasteiger partial charge >= 0.3 is 0 Å². The molecule has 190 valence electrons. The molecule has 2 aliphatic carbocycles. The number of fused-ring (bicyclic) bond motifs is 1. The highest BCUT2D eigenvalue weighted by atomic mass is 19.1. The van der Waals surface area contributed by atoms with Crippen molar-refractivity contribution in [1.82, 2.24) is 14.9 Å². The number of carbonyl (C=O) groups excluding carboxylic acids is 1. The number of allylic oxidation sites excluding steroid dienone is 10. The van der Waals surface area contributed by atoms with Gasteiger partial charge in [-0.15, -0.1) is 0 Å². The molecule has 1 fully saturated rings. The SMILES string of the molecule is Cc1ccc2c(N3CCN(C(=O)C(O)C4=CC=C(F)C=CC4)CC3)nc(C3=CCC=CC=C3O)nc2c1. The molecule has 2 aromatic rings. The van der Waals surface area contributed by atoms with Crippen molar-refractivity contribution in [3.63, 3.8) is 0 Å². The second kappa shape index (κ2) is 10.5. The van der Waals surface area contributed by atoms with Crippen molar-refractivity contribution < 1.29 is 19.4 Å². The minimum atomic E-state index is -1.31. The lowest BCUT2D eigenvalue weighted by Crippen LogP contribution is -2.52. The van der Waals surface area contributed by atoms with E-state index in [1.165, 1.54) is 18.2 Å². The third kappa shape index (κ3) is 5.24. The summed E-state index contributed by atoms with van der Waals surface area (Å²) in [5.74, 6) is 0.525. The maximum atomic E-state index is 13.5. The molecule has 1 aromatic heterocycles. The smallest absolute Gasteiger partial charge is 0.255 e. The Labute approximate surface area is 214 Å². The summed E-state index contributed by atoms with van der Waals surface area (Å²) in [6.45, 7) is 3.87. The van der Waals surface area contributed by atoms with Gasteiger partial charge in [-0.2, -0.15) is 0 Å². The zero-order valence-electron chi connectivity index (χ0n) is 20.6. The van der Waals surface area contributed by atoms with Crippen LogP contribution in [0, 0.1) is 6.92 Å². The Hall–Kier alpha value is -4.04. The van der Waals surface area contributed by atoms with E-state index in [2.05, 4.69) is 4.90 Å². The monoisotopic (exact) mass is 500 g/mol. The Balaban J connectivity index is 1.39. The van der Waals surface area contributed by atoms with Crippen LogP contribution in [0.2, 0.25) is 0 Å². The van der Waals surface area contributed by atoms with Gasteiger partial charge in [0.15, 0.2) is 11.9 Å². The van der Waals surface area contributed by atoms with Gasteiger partial charge in [0.1, 0.15) is 17.4 Å². The van der Waals surface area contributed by atoms with Gasteiger partial charge in [-0.1, -0.05) is 36.4 Å². The molecule has 1 unspecified atom stereocenters. The molecular formula is C29H29FN4O3. The van der Waals surface area contributed by atoms with Crippen molar-refractivity contribution >= 4 is 28.2 Å². The molecule has 1 saturated heterocycles. The van der Waals surface area contributed by atoms with Gasteiger partial charge in [-0.3, -0.25) is 4.79 Å². The third-order valence-electron chi connectivity index (χ3n) is 6.76. The maximum Gasteiger partial charge on any atom is 0.255 e. The lowest BCUT2D eigenvalue weighted by molar-refractivity contribution is -0.138. The second-order valence-corrected chi connectivity index (χ2v) is 9.34. The first-order valence-electron chi connectivity index (χ1n) is 12.4. The summed E-state index contributed by atoms with van der Waals surface area (Å²) in [4.78, 5) is 26.4. The number of halogens is 1. The molecular weight excluding hydrogens is 471 g/mol. The molecule has 7 nitrogen and oxygen atoms in total. The van der Waals surface area contributed by atoms with E-state index in [4.69, 9.17) is 9.97 Å². The minimum absolute atomic E-state index is 0.119. The van der Waals surface area contributed by atoms with Crippen molar-refractivity contribution in [1.29, 1.82) is 0 Å². The first-order valence-corrected chi connectivity index (χ1v) is 12.4. The van der Waals surface area contributed by atoms with Crippen LogP contribution >= 0.6 is 0 Å². The maximum absolute atomic E-state index is 13.5. The number of hydrogen-bond acceptors (Lipinski definition) is 6. The lowest BCUT2D eigenvalue weighted by atomic mass is 10.0. The number of benzene rings is 1. The average Bonchev–Trinajstić information content (AvgIpc) is 3.26. The summed E-state index contributed by atoms with van der Waals surface area (Å²) in [5.41, 5.74) is 2.91. The zero-order chi connectivity index (χ0) is 25.9. The number of hydrogen-bond donors (Lipinski definition) is 2. The lowest BCUT2D eigenvalue weighted by Gasteiger charge is -2.37. The Bertz CT molecular complexity index is 1410. The van der Waals surface area contributed by atoms with Crippen molar-refractivity contribution in [2.24, 2.45) is 0 Å². The van der Waals surface area contributed by atoms with Crippen molar-refractivity contribution in [3.8, 4) is 0 Å². The number of rotatable bonds is 4. The standard InChI is InChI=1S/C29H29FN4O3/c1-19-10-13-22-24(18-19)31-27(23-8-3-2-4-9-25(23)35)32-28(22)33-14-16-34(17-15-33)29(37)26(36)20-6-5-7-21(30)12-11-20/h2,4-5,7-13,18,26,35-36H,3,6,14-17H2,1H3. The summed E-state index contributed by atoms with van der Waals surface area (Å²) in [7, 11) is 0. The van der Waals surface area contributed by atoms with Crippen LogP contribution in [0.3, 0.4) is 0 Å². The Morgan fingerprint density at radius 2 is 1.89 bits per heavy atom. The number of aliphatic hydroxyl groups is 2. The molecule has 0 radical (unpaired) electrons. The van der Waals surface area contributed by atoms with E-state index in [1.54, 1.807) is 17.1 Å². The van der Waals surface area contributed by atoms with Crippen LogP contribution in [-0.2, 0) is 4.79 Å². The van der Waals surface area contributed by atoms with Crippen LogP contribution in [0.4, 0.5) is 10.2 Å². The number of carbonyl (C=O) groups is 1. The van der Waals surface area contributed by atoms with Crippen molar-refractivity contribution in [2.75, 3.05) is 31.1 Å². The summed E-state index contributed by atoms with van der Waals surface area (Å²) in [6, 6.07) is 6.02. The minimum Gasteiger partial charge on any atom is -0.507 e. The normalized spacial score (nSPS) is 19.0. The molecule has 0 spiro atoms. The topological polar surface area (TPSA) is 89.8 Å². The second-order valence-electron chi connectivity index (χ2n) is 9.34. The predicted molar refractivity (Wildman–Crippen MR) is 143 cm³/mol. The molecule has 1 aromatic carbocycles. The van der Waals surface area contributed by atoms with E-state index in [9.17, 15) is 19.4 Å². The fourth-order valence-corrected chi connectivity index (χ4v) is 4.70. The van der Waals surface area contributed by atoms with Gasteiger partial charge in [0, 0.05) is 31.6 Å². The molecule has 0 bridgehead atoms. The van der Waals surface area contributed by atoms with E-state index in [0.29, 0.717) is 56.0 Å². The highest BCUT2D eigenvalue weighted by Gasteiger charge is 2.29. The van der Waals surface area contributed by atoms with Crippen molar-refractivity contribution in [3.05, 3.63) is 95.4 Å². The number of piperazine rings is 1. The van der Waals surface area contributed by atoms with Crippen molar-refractivity contribution in [2.45, 2.75) is 25.9 Å². The van der Waals surface area contributed by atoms with Gasteiger partial charge in [-0.25, -0.2) is 14.4 Å². The van der Waals surface area contributed by atoms with Gasteiger partial charge < -0.3 is 20.0 Å². The van der Waals surface area contributed by atoms with Gasteiger partial charge in [0.05, 0.1) is 11.1 Å². The highest BCUT2D eigenvalue weighted by Crippen LogP contribution is 2.30. The van der Waals surface area contributed by atoms with E-state index >= 15 is 0 Å². The van der Waals surface area contributed by atoms with E-state index in [0.717, 1.165) is 22.3 Å². The molecule has 2 N–H and O–H groups in total. The molecule has 2 heterocycles. The van der Waals surface area contributed by atoms with Gasteiger partial charge in [-0.05, 0) is 61.3 Å².